The van der Waals surface area contributed by atoms with E-state index in [0.717, 1.165) is 12.4 Å². The highest BCUT2D eigenvalue weighted by atomic mass is 35.5. The molecule has 1 aliphatic carbocycles. The largest absolute Gasteiger partial charge is 0.368 e. The van der Waals surface area contributed by atoms with Gasteiger partial charge in [-0.25, -0.2) is 0 Å². The number of hydrogen-bond donors (Lipinski definition) is 1. The quantitative estimate of drug-likeness (QED) is 0.837. The van der Waals surface area contributed by atoms with E-state index in [2.05, 4.69) is 22.4 Å². The van der Waals surface area contributed by atoms with Crippen LogP contribution in [-0.2, 0) is 0 Å². The van der Waals surface area contributed by atoms with Crippen LogP contribution >= 0.6 is 11.6 Å². The van der Waals surface area contributed by atoms with Gasteiger partial charge in [-0.1, -0.05) is 24.9 Å². The average molecular weight is 226 g/mol. The summed E-state index contributed by atoms with van der Waals surface area (Å²) in [5, 5.41) is 11.5. The van der Waals surface area contributed by atoms with Gasteiger partial charge in [0.1, 0.15) is 5.82 Å². The maximum absolute atomic E-state index is 5.66. The fourth-order valence-corrected chi connectivity index (χ4v) is 2.01. The first kappa shape index (κ1) is 10.7. The van der Waals surface area contributed by atoms with Crippen LogP contribution in [0.3, 0.4) is 0 Å². The molecule has 1 saturated carbocycles. The minimum absolute atomic E-state index is 0.440. The zero-order valence-corrected chi connectivity index (χ0v) is 9.72. The zero-order chi connectivity index (χ0) is 10.7. The molecular weight excluding hydrogens is 210 g/mol. The van der Waals surface area contributed by atoms with Gasteiger partial charge in [-0.2, -0.15) is 0 Å². The Bertz CT molecular complexity index is 319. The highest BCUT2D eigenvalue weighted by Gasteiger charge is 2.41. The molecule has 0 unspecified atom stereocenters. The standard InChI is InChI=1S/C11H16ClN3/c1-2-5-11(6-7-11)8-13-10-4-3-9(12)14-15-10/h3-4H,2,5-8H2,1H3,(H,13,15). The molecule has 3 nitrogen and oxygen atoms in total. The number of hydrogen-bond acceptors (Lipinski definition) is 3. The van der Waals surface area contributed by atoms with Crippen LogP contribution in [0.1, 0.15) is 32.6 Å². The molecular formula is C11H16ClN3. The Labute approximate surface area is 95.2 Å². The monoisotopic (exact) mass is 225 g/mol. The van der Waals surface area contributed by atoms with E-state index in [9.17, 15) is 0 Å². The predicted octanol–water partition coefficient (Wildman–Crippen LogP) is 3.12. The van der Waals surface area contributed by atoms with E-state index in [-0.39, 0.29) is 0 Å². The van der Waals surface area contributed by atoms with Gasteiger partial charge in [0.15, 0.2) is 5.15 Å². The second-order valence-corrected chi connectivity index (χ2v) is 4.73. The Kier molecular flexibility index (Phi) is 3.10. The lowest BCUT2D eigenvalue weighted by molar-refractivity contribution is 0.485. The van der Waals surface area contributed by atoms with E-state index in [1.54, 1.807) is 6.07 Å². The van der Waals surface area contributed by atoms with Gasteiger partial charge in [-0.05, 0) is 36.8 Å². The average Bonchev–Trinajstić information content (AvgIpc) is 2.99. The van der Waals surface area contributed by atoms with Crippen molar-refractivity contribution < 1.29 is 0 Å². The molecule has 0 atom stereocenters. The lowest BCUT2D eigenvalue weighted by Crippen LogP contribution is -2.16. The van der Waals surface area contributed by atoms with Gasteiger partial charge in [0.25, 0.3) is 0 Å². The van der Waals surface area contributed by atoms with Crippen molar-refractivity contribution >= 4 is 17.4 Å². The Morgan fingerprint density at radius 1 is 1.40 bits per heavy atom. The van der Waals surface area contributed by atoms with Crippen molar-refractivity contribution in [2.75, 3.05) is 11.9 Å². The SMILES string of the molecule is CCCC1(CNc2ccc(Cl)nn2)CC1. The van der Waals surface area contributed by atoms with Gasteiger partial charge in [0, 0.05) is 6.54 Å². The molecule has 2 rings (SSSR count). The smallest absolute Gasteiger partial charge is 0.151 e. The lowest BCUT2D eigenvalue weighted by Gasteiger charge is -2.14. The van der Waals surface area contributed by atoms with E-state index in [1.165, 1.54) is 25.7 Å². The second-order valence-electron chi connectivity index (χ2n) is 4.34. The molecule has 0 aromatic carbocycles. The third-order valence-corrected chi connectivity index (χ3v) is 3.22. The summed E-state index contributed by atoms with van der Waals surface area (Å²) < 4.78 is 0. The number of rotatable bonds is 5. The fourth-order valence-electron chi connectivity index (χ4n) is 1.91. The minimum atomic E-state index is 0.440. The first-order valence-electron chi connectivity index (χ1n) is 5.47. The summed E-state index contributed by atoms with van der Waals surface area (Å²) in [6.45, 7) is 3.25. The van der Waals surface area contributed by atoms with Crippen molar-refractivity contribution in [1.82, 2.24) is 10.2 Å². The predicted molar refractivity (Wildman–Crippen MR) is 62.1 cm³/mol. The second kappa shape index (κ2) is 4.35. The molecule has 1 aromatic rings. The van der Waals surface area contributed by atoms with Crippen LogP contribution in [0.4, 0.5) is 5.82 Å². The molecule has 4 heteroatoms. The molecule has 0 radical (unpaired) electrons. The maximum atomic E-state index is 5.66. The molecule has 82 valence electrons. The van der Waals surface area contributed by atoms with Crippen molar-refractivity contribution in [3.63, 3.8) is 0 Å². The third kappa shape index (κ3) is 2.81. The molecule has 0 amide bonds. The highest BCUT2D eigenvalue weighted by Crippen LogP contribution is 2.49. The summed E-state index contributed by atoms with van der Waals surface area (Å²) >= 11 is 5.66. The topological polar surface area (TPSA) is 37.8 Å². The van der Waals surface area contributed by atoms with Crippen LogP contribution in [-0.4, -0.2) is 16.7 Å². The number of halogens is 1. The molecule has 1 fully saturated rings. The van der Waals surface area contributed by atoms with E-state index in [1.807, 2.05) is 6.07 Å². The van der Waals surface area contributed by atoms with Gasteiger partial charge in [-0.3, -0.25) is 0 Å². The summed E-state index contributed by atoms with van der Waals surface area (Å²) in [5.41, 5.74) is 0.538. The summed E-state index contributed by atoms with van der Waals surface area (Å²) in [5.74, 6) is 0.821. The fraction of sp³-hybridized carbons (Fsp3) is 0.636. The van der Waals surface area contributed by atoms with Crippen molar-refractivity contribution in [3.8, 4) is 0 Å². The van der Waals surface area contributed by atoms with Crippen molar-refractivity contribution in [2.45, 2.75) is 32.6 Å². The molecule has 1 N–H and O–H groups in total. The molecule has 1 aromatic heterocycles. The van der Waals surface area contributed by atoms with Crippen LogP contribution in [0.5, 0.6) is 0 Å². The van der Waals surface area contributed by atoms with Gasteiger partial charge in [0.05, 0.1) is 0 Å². The molecule has 0 saturated heterocycles. The normalized spacial score (nSPS) is 17.5. The molecule has 1 heterocycles. The summed E-state index contributed by atoms with van der Waals surface area (Å²) in [7, 11) is 0. The van der Waals surface area contributed by atoms with Gasteiger partial charge >= 0.3 is 0 Å². The zero-order valence-electron chi connectivity index (χ0n) is 8.96. The van der Waals surface area contributed by atoms with Gasteiger partial charge < -0.3 is 5.32 Å². The van der Waals surface area contributed by atoms with E-state index >= 15 is 0 Å². The van der Waals surface area contributed by atoms with Crippen molar-refractivity contribution in [3.05, 3.63) is 17.3 Å². The summed E-state index contributed by atoms with van der Waals surface area (Å²) in [6.07, 6.45) is 5.25. The number of nitrogens with zero attached hydrogens (tertiary/aromatic N) is 2. The van der Waals surface area contributed by atoms with E-state index < -0.39 is 0 Å². The molecule has 0 bridgehead atoms. The molecule has 0 spiro atoms. The van der Waals surface area contributed by atoms with Crippen LogP contribution < -0.4 is 5.32 Å². The van der Waals surface area contributed by atoms with Gasteiger partial charge in [0.2, 0.25) is 0 Å². The van der Waals surface area contributed by atoms with Crippen LogP contribution in [0.2, 0.25) is 5.15 Å². The maximum Gasteiger partial charge on any atom is 0.151 e. The highest BCUT2D eigenvalue weighted by molar-refractivity contribution is 6.29. The van der Waals surface area contributed by atoms with Crippen LogP contribution in [0.25, 0.3) is 0 Å². The lowest BCUT2D eigenvalue weighted by atomic mass is 10.0. The first-order valence-corrected chi connectivity index (χ1v) is 5.85. The van der Waals surface area contributed by atoms with E-state index in [0.29, 0.717) is 10.6 Å². The van der Waals surface area contributed by atoms with Crippen molar-refractivity contribution in [2.24, 2.45) is 5.41 Å². The number of aromatic nitrogens is 2. The Morgan fingerprint density at radius 3 is 2.73 bits per heavy atom. The Balaban J connectivity index is 1.85. The first-order chi connectivity index (χ1) is 7.24. The molecule has 15 heavy (non-hydrogen) atoms. The molecule has 1 aliphatic rings. The third-order valence-electron chi connectivity index (χ3n) is 3.01. The Hall–Kier alpha value is -0.830. The molecule has 0 aliphatic heterocycles. The van der Waals surface area contributed by atoms with E-state index in [4.69, 9.17) is 11.6 Å². The van der Waals surface area contributed by atoms with Crippen molar-refractivity contribution in [1.29, 1.82) is 0 Å². The number of anilines is 1. The number of nitrogens with one attached hydrogen (secondary N) is 1. The van der Waals surface area contributed by atoms with Gasteiger partial charge in [-0.15, -0.1) is 10.2 Å². The van der Waals surface area contributed by atoms with Crippen LogP contribution in [0.15, 0.2) is 12.1 Å². The van der Waals surface area contributed by atoms with Crippen LogP contribution in [0, 0.1) is 5.41 Å². The summed E-state index contributed by atoms with van der Waals surface area (Å²) in [6, 6.07) is 3.63. The minimum Gasteiger partial charge on any atom is -0.368 e. The summed E-state index contributed by atoms with van der Waals surface area (Å²) in [4.78, 5) is 0. The Morgan fingerprint density at radius 2 is 2.20 bits per heavy atom.